The van der Waals surface area contributed by atoms with Crippen LogP contribution in [-0.4, -0.2) is 35.2 Å². The number of carbonyl (C=O) groups excluding carboxylic acids is 1. The molecular formula is C12H15NO5. The predicted molar refractivity (Wildman–Crippen MR) is 63.6 cm³/mol. The van der Waals surface area contributed by atoms with Crippen LogP contribution >= 0.6 is 0 Å². The van der Waals surface area contributed by atoms with Crippen LogP contribution in [-0.2, 0) is 9.59 Å². The Morgan fingerprint density at radius 1 is 1.39 bits per heavy atom. The number of phenols is 1. The summed E-state index contributed by atoms with van der Waals surface area (Å²) in [6, 6.07) is 4.77. The van der Waals surface area contributed by atoms with Crippen LogP contribution in [0.15, 0.2) is 18.2 Å². The zero-order chi connectivity index (χ0) is 13.5. The number of hydrogen-bond acceptors (Lipinski definition) is 4. The minimum absolute atomic E-state index is 0.0660. The average molecular weight is 253 g/mol. The maximum Gasteiger partial charge on any atom is 0.305 e. The molecule has 1 aromatic rings. The van der Waals surface area contributed by atoms with E-state index >= 15 is 0 Å². The van der Waals surface area contributed by atoms with Gasteiger partial charge in [-0.15, -0.1) is 0 Å². The highest BCUT2D eigenvalue weighted by atomic mass is 16.5. The second-order valence-corrected chi connectivity index (χ2v) is 3.68. The Balaban J connectivity index is 2.38. The molecule has 0 radical (unpaired) electrons. The van der Waals surface area contributed by atoms with E-state index in [1.54, 1.807) is 19.1 Å². The van der Waals surface area contributed by atoms with Gasteiger partial charge in [-0.1, -0.05) is 6.07 Å². The maximum atomic E-state index is 11.3. The van der Waals surface area contributed by atoms with E-state index in [2.05, 4.69) is 5.32 Å². The highest BCUT2D eigenvalue weighted by Crippen LogP contribution is 2.25. The van der Waals surface area contributed by atoms with Gasteiger partial charge in [-0.3, -0.25) is 9.59 Å². The number of phenolic OH excluding ortho intramolecular Hbond substituents is 1. The number of hydrogen-bond donors (Lipinski definition) is 3. The largest absolute Gasteiger partial charge is 0.508 e. The Kier molecular flexibility index (Phi) is 4.98. The Labute approximate surface area is 104 Å². The fourth-order valence-corrected chi connectivity index (χ4v) is 1.26. The topological polar surface area (TPSA) is 95.9 Å². The van der Waals surface area contributed by atoms with E-state index in [1.807, 2.05) is 0 Å². The number of carbonyl (C=O) groups is 2. The summed E-state index contributed by atoms with van der Waals surface area (Å²) < 4.78 is 5.22. The smallest absolute Gasteiger partial charge is 0.305 e. The quantitative estimate of drug-likeness (QED) is 0.692. The normalized spacial score (nSPS) is 9.83. The Hall–Kier alpha value is -2.24. The Morgan fingerprint density at radius 2 is 2.11 bits per heavy atom. The summed E-state index contributed by atoms with van der Waals surface area (Å²) in [6.45, 7) is 1.52. The standard InChI is InChI=1S/C12H15NO5/c1-8-9(14)3-2-4-10(8)18-7-11(15)13-6-5-12(16)17/h2-4,14H,5-7H2,1H3,(H,13,15)(H,16,17). The molecule has 6 nitrogen and oxygen atoms in total. The zero-order valence-electron chi connectivity index (χ0n) is 9.97. The first-order chi connectivity index (χ1) is 8.50. The van der Waals surface area contributed by atoms with E-state index in [0.29, 0.717) is 11.3 Å². The highest BCUT2D eigenvalue weighted by molar-refractivity contribution is 5.78. The molecule has 18 heavy (non-hydrogen) atoms. The molecule has 0 aromatic heterocycles. The van der Waals surface area contributed by atoms with Crippen molar-refractivity contribution >= 4 is 11.9 Å². The van der Waals surface area contributed by atoms with Crippen LogP contribution in [0.3, 0.4) is 0 Å². The van der Waals surface area contributed by atoms with E-state index in [0.717, 1.165) is 0 Å². The molecule has 0 aliphatic heterocycles. The van der Waals surface area contributed by atoms with Gasteiger partial charge in [-0.05, 0) is 19.1 Å². The fourth-order valence-electron chi connectivity index (χ4n) is 1.26. The number of aliphatic carboxylic acids is 1. The molecule has 0 spiro atoms. The molecule has 3 N–H and O–H groups in total. The monoisotopic (exact) mass is 253 g/mol. The third-order valence-corrected chi connectivity index (χ3v) is 2.28. The molecule has 0 atom stereocenters. The van der Waals surface area contributed by atoms with E-state index in [9.17, 15) is 14.7 Å². The first-order valence-electron chi connectivity index (χ1n) is 5.40. The average Bonchev–Trinajstić information content (AvgIpc) is 2.30. The predicted octanol–water partition coefficient (Wildman–Crippen LogP) is 0.670. The maximum absolute atomic E-state index is 11.3. The van der Waals surface area contributed by atoms with Gasteiger partial charge < -0.3 is 20.3 Å². The number of rotatable bonds is 6. The second kappa shape index (κ2) is 6.48. The molecule has 0 bridgehead atoms. The molecule has 98 valence electrons. The molecule has 0 heterocycles. The Morgan fingerprint density at radius 3 is 2.78 bits per heavy atom. The second-order valence-electron chi connectivity index (χ2n) is 3.68. The van der Waals surface area contributed by atoms with Crippen molar-refractivity contribution in [2.45, 2.75) is 13.3 Å². The van der Waals surface area contributed by atoms with Gasteiger partial charge in [0.1, 0.15) is 11.5 Å². The third-order valence-electron chi connectivity index (χ3n) is 2.28. The molecule has 0 saturated carbocycles. The number of amides is 1. The summed E-state index contributed by atoms with van der Waals surface area (Å²) in [5, 5.41) is 20.2. The summed E-state index contributed by atoms with van der Waals surface area (Å²) in [4.78, 5) is 21.5. The molecular weight excluding hydrogens is 238 g/mol. The van der Waals surface area contributed by atoms with Crippen molar-refractivity contribution < 1.29 is 24.5 Å². The lowest BCUT2D eigenvalue weighted by Gasteiger charge is -2.09. The molecule has 0 aliphatic carbocycles. The molecule has 1 rings (SSSR count). The van der Waals surface area contributed by atoms with Crippen molar-refractivity contribution in [3.05, 3.63) is 23.8 Å². The summed E-state index contributed by atoms with van der Waals surface area (Å²) in [5.74, 6) is -0.860. The minimum atomic E-state index is -0.972. The molecule has 0 fully saturated rings. The third kappa shape index (κ3) is 4.32. The lowest BCUT2D eigenvalue weighted by atomic mass is 10.2. The minimum Gasteiger partial charge on any atom is -0.508 e. The highest BCUT2D eigenvalue weighted by Gasteiger charge is 2.07. The van der Waals surface area contributed by atoms with Crippen LogP contribution in [0.1, 0.15) is 12.0 Å². The van der Waals surface area contributed by atoms with Crippen LogP contribution in [0.4, 0.5) is 0 Å². The van der Waals surface area contributed by atoms with E-state index in [4.69, 9.17) is 9.84 Å². The van der Waals surface area contributed by atoms with E-state index in [-0.39, 0.29) is 25.3 Å². The number of carboxylic acids is 1. The van der Waals surface area contributed by atoms with Crippen LogP contribution < -0.4 is 10.1 Å². The molecule has 0 unspecified atom stereocenters. The van der Waals surface area contributed by atoms with Crippen LogP contribution in [0, 0.1) is 6.92 Å². The fraction of sp³-hybridized carbons (Fsp3) is 0.333. The Bertz CT molecular complexity index is 444. The van der Waals surface area contributed by atoms with Crippen molar-refractivity contribution in [1.29, 1.82) is 0 Å². The lowest BCUT2D eigenvalue weighted by molar-refractivity contribution is -0.137. The summed E-state index contributed by atoms with van der Waals surface area (Å²) in [6.07, 6.45) is -0.128. The van der Waals surface area contributed by atoms with Crippen molar-refractivity contribution in [1.82, 2.24) is 5.32 Å². The van der Waals surface area contributed by atoms with E-state index in [1.165, 1.54) is 6.07 Å². The van der Waals surface area contributed by atoms with E-state index < -0.39 is 11.9 Å². The van der Waals surface area contributed by atoms with Crippen molar-refractivity contribution in [3.63, 3.8) is 0 Å². The number of ether oxygens (including phenoxy) is 1. The van der Waals surface area contributed by atoms with Gasteiger partial charge in [0.2, 0.25) is 0 Å². The van der Waals surface area contributed by atoms with Gasteiger partial charge in [-0.2, -0.15) is 0 Å². The zero-order valence-corrected chi connectivity index (χ0v) is 9.97. The number of benzene rings is 1. The number of nitrogens with one attached hydrogen (secondary N) is 1. The van der Waals surface area contributed by atoms with Gasteiger partial charge in [0.05, 0.1) is 6.42 Å². The molecule has 6 heteroatoms. The van der Waals surface area contributed by atoms with Crippen molar-refractivity contribution in [2.24, 2.45) is 0 Å². The van der Waals surface area contributed by atoms with Crippen molar-refractivity contribution in [2.75, 3.05) is 13.2 Å². The van der Waals surface area contributed by atoms with Gasteiger partial charge >= 0.3 is 5.97 Å². The number of aromatic hydroxyl groups is 1. The summed E-state index contributed by atoms with van der Waals surface area (Å²) in [5.41, 5.74) is 0.552. The number of carboxylic acid groups (broad SMARTS) is 1. The van der Waals surface area contributed by atoms with Crippen LogP contribution in [0.2, 0.25) is 0 Å². The van der Waals surface area contributed by atoms with Crippen LogP contribution in [0.25, 0.3) is 0 Å². The first kappa shape index (κ1) is 13.8. The SMILES string of the molecule is Cc1c(O)cccc1OCC(=O)NCCC(=O)O. The van der Waals surface area contributed by atoms with Gasteiger partial charge in [0, 0.05) is 12.1 Å². The summed E-state index contributed by atoms with van der Waals surface area (Å²) in [7, 11) is 0. The molecule has 1 aromatic carbocycles. The molecule has 0 aliphatic rings. The van der Waals surface area contributed by atoms with Gasteiger partial charge in [0.25, 0.3) is 5.91 Å². The van der Waals surface area contributed by atoms with Gasteiger partial charge in [-0.25, -0.2) is 0 Å². The lowest BCUT2D eigenvalue weighted by Crippen LogP contribution is -2.30. The summed E-state index contributed by atoms with van der Waals surface area (Å²) >= 11 is 0. The molecule has 1 amide bonds. The first-order valence-corrected chi connectivity index (χ1v) is 5.40. The van der Waals surface area contributed by atoms with Crippen molar-refractivity contribution in [3.8, 4) is 11.5 Å². The molecule has 0 saturated heterocycles. The van der Waals surface area contributed by atoms with Gasteiger partial charge in [0.15, 0.2) is 6.61 Å². The van der Waals surface area contributed by atoms with Crippen LogP contribution in [0.5, 0.6) is 11.5 Å².